The van der Waals surface area contributed by atoms with Crippen molar-refractivity contribution in [3.05, 3.63) is 36.5 Å². The number of anilines is 1. The van der Waals surface area contributed by atoms with Crippen molar-refractivity contribution in [3.8, 4) is 17.0 Å². The maximum Gasteiger partial charge on any atom is 0.223 e. The van der Waals surface area contributed by atoms with Crippen molar-refractivity contribution in [2.45, 2.75) is 37.1 Å². The number of nitrogens with zero attached hydrogens (tertiary/aromatic N) is 2. The van der Waals surface area contributed by atoms with Crippen LogP contribution in [0.2, 0.25) is 0 Å². The maximum atomic E-state index is 12.1. The number of para-hydroxylation sites is 1. The van der Waals surface area contributed by atoms with Crippen molar-refractivity contribution >= 4 is 11.9 Å². The molecule has 2 saturated heterocycles. The van der Waals surface area contributed by atoms with Crippen LogP contribution in [0.25, 0.3) is 11.3 Å². The quantitative estimate of drug-likeness (QED) is 0.766. The molecular weight excluding hydrogens is 372 g/mol. The maximum absolute atomic E-state index is 12.1. The Morgan fingerprint density at radius 2 is 1.86 bits per heavy atom. The second-order valence-electron chi connectivity index (χ2n) is 7.70. The highest BCUT2D eigenvalue weighted by atomic mass is 16.6. The zero-order chi connectivity index (χ0) is 19.8. The first-order valence-corrected chi connectivity index (χ1v) is 9.99. The zero-order valence-corrected chi connectivity index (χ0v) is 16.2. The molecule has 2 N–H and O–H groups in total. The Bertz CT molecular complexity index is 904. The van der Waals surface area contributed by atoms with Crippen LogP contribution >= 0.6 is 0 Å². The summed E-state index contributed by atoms with van der Waals surface area (Å²) in [6.45, 7) is 0.946. The van der Waals surface area contributed by atoms with Crippen LogP contribution in [0, 0.1) is 5.92 Å². The molecule has 3 heterocycles. The second kappa shape index (κ2) is 7.61. The Kier molecular flexibility index (Phi) is 4.81. The fourth-order valence-corrected chi connectivity index (χ4v) is 3.99. The van der Waals surface area contributed by atoms with Gasteiger partial charge in [-0.05, 0) is 31.0 Å². The molecule has 8 heteroatoms. The van der Waals surface area contributed by atoms with Gasteiger partial charge in [0.25, 0.3) is 0 Å². The molecule has 1 aromatic heterocycles. The summed E-state index contributed by atoms with van der Waals surface area (Å²) in [5, 5.41) is 6.42. The Morgan fingerprint density at radius 3 is 2.66 bits per heavy atom. The summed E-state index contributed by atoms with van der Waals surface area (Å²) in [7, 11) is 1.64. The van der Waals surface area contributed by atoms with Gasteiger partial charge < -0.3 is 24.8 Å². The molecule has 0 bridgehead atoms. The highest BCUT2D eigenvalue weighted by molar-refractivity contribution is 5.81. The Morgan fingerprint density at radius 1 is 1.10 bits per heavy atom. The van der Waals surface area contributed by atoms with E-state index in [9.17, 15) is 4.79 Å². The summed E-state index contributed by atoms with van der Waals surface area (Å²) in [6, 6.07) is 9.43. The molecular formula is C21H24N4O4. The summed E-state index contributed by atoms with van der Waals surface area (Å²) in [5.41, 5.74) is 1.68. The lowest BCUT2D eigenvalue weighted by molar-refractivity contribution is -0.123. The highest BCUT2D eigenvalue weighted by Gasteiger charge is 2.49. The summed E-state index contributed by atoms with van der Waals surface area (Å²) in [4.78, 5) is 21.1. The lowest BCUT2D eigenvalue weighted by atomic mass is 10.1. The van der Waals surface area contributed by atoms with Gasteiger partial charge in [-0.2, -0.15) is 0 Å². The number of amides is 1. The van der Waals surface area contributed by atoms with Gasteiger partial charge in [0.15, 0.2) is 0 Å². The molecule has 3 aliphatic rings. The van der Waals surface area contributed by atoms with Crippen LogP contribution in [0.1, 0.15) is 12.8 Å². The zero-order valence-electron chi connectivity index (χ0n) is 16.2. The van der Waals surface area contributed by atoms with Crippen LogP contribution in [0.5, 0.6) is 5.75 Å². The van der Waals surface area contributed by atoms with Crippen LogP contribution in [0.4, 0.5) is 5.95 Å². The SMILES string of the molecule is COc1ccccc1-c1ccnc(NC2COC3C(NC(=O)C4CC4)COC23)n1. The van der Waals surface area contributed by atoms with Crippen LogP contribution in [-0.4, -0.2) is 60.5 Å². The third-order valence-electron chi connectivity index (χ3n) is 5.68. The van der Waals surface area contributed by atoms with E-state index >= 15 is 0 Å². The third-order valence-corrected chi connectivity index (χ3v) is 5.68. The normalized spacial score (nSPS) is 28.0. The Labute approximate surface area is 169 Å². The van der Waals surface area contributed by atoms with E-state index in [1.165, 1.54) is 0 Å². The minimum absolute atomic E-state index is 0.0734. The molecule has 1 amide bonds. The second-order valence-corrected chi connectivity index (χ2v) is 7.70. The van der Waals surface area contributed by atoms with Crippen LogP contribution < -0.4 is 15.4 Å². The number of aromatic nitrogens is 2. The Balaban J connectivity index is 1.27. The fourth-order valence-electron chi connectivity index (χ4n) is 3.99. The van der Waals surface area contributed by atoms with Gasteiger partial charge in [0.1, 0.15) is 18.0 Å². The van der Waals surface area contributed by atoms with E-state index in [0.717, 1.165) is 29.8 Å². The number of rotatable bonds is 6. The topological polar surface area (TPSA) is 94.6 Å². The van der Waals surface area contributed by atoms with E-state index < -0.39 is 0 Å². The van der Waals surface area contributed by atoms with Crippen molar-refractivity contribution in [1.29, 1.82) is 0 Å². The number of ether oxygens (including phenoxy) is 3. The van der Waals surface area contributed by atoms with Crippen molar-refractivity contribution in [2.24, 2.45) is 5.92 Å². The Hall–Kier alpha value is -2.71. The number of carbonyl (C=O) groups is 1. The number of nitrogens with one attached hydrogen (secondary N) is 2. The summed E-state index contributed by atoms with van der Waals surface area (Å²) < 4.78 is 17.3. The van der Waals surface area contributed by atoms with Gasteiger partial charge in [-0.1, -0.05) is 12.1 Å². The molecule has 4 atom stereocenters. The molecule has 3 fully saturated rings. The average Bonchev–Trinajstić information content (AvgIpc) is 3.43. The predicted octanol–water partition coefficient (Wildman–Crippen LogP) is 1.63. The lowest BCUT2D eigenvalue weighted by Gasteiger charge is -2.18. The van der Waals surface area contributed by atoms with E-state index in [1.807, 2.05) is 30.3 Å². The number of carbonyl (C=O) groups excluding carboxylic acids is 1. The van der Waals surface area contributed by atoms with E-state index in [-0.39, 0.29) is 36.1 Å². The molecule has 29 heavy (non-hydrogen) atoms. The van der Waals surface area contributed by atoms with E-state index in [2.05, 4.69) is 20.6 Å². The molecule has 4 unspecified atom stereocenters. The number of hydrogen-bond acceptors (Lipinski definition) is 7. The van der Waals surface area contributed by atoms with Crippen LogP contribution in [0.15, 0.2) is 36.5 Å². The van der Waals surface area contributed by atoms with Gasteiger partial charge >= 0.3 is 0 Å². The van der Waals surface area contributed by atoms with E-state index in [1.54, 1.807) is 13.3 Å². The van der Waals surface area contributed by atoms with Crippen LogP contribution in [-0.2, 0) is 14.3 Å². The van der Waals surface area contributed by atoms with Crippen molar-refractivity contribution in [1.82, 2.24) is 15.3 Å². The first kappa shape index (κ1) is 18.3. The van der Waals surface area contributed by atoms with Crippen molar-refractivity contribution in [3.63, 3.8) is 0 Å². The largest absolute Gasteiger partial charge is 0.496 e. The molecule has 152 valence electrons. The molecule has 2 aromatic rings. The molecule has 0 radical (unpaired) electrons. The summed E-state index contributed by atoms with van der Waals surface area (Å²) in [5.74, 6) is 1.56. The first-order valence-electron chi connectivity index (χ1n) is 9.99. The monoisotopic (exact) mass is 396 g/mol. The van der Waals surface area contributed by atoms with Gasteiger partial charge in [-0.3, -0.25) is 4.79 Å². The lowest BCUT2D eigenvalue weighted by Crippen LogP contribution is -2.45. The fraction of sp³-hybridized carbons (Fsp3) is 0.476. The minimum atomic E-state index is -0.146. The molecule has 1 saturated carbocycles. The van der Waals surface area contributed by atoms with Gasteiger partial charge in [0.05, 0.1) is 38.1 Å². The molecule has 0 spiro atoms. The van der Waals surface area contributed by atoms with Crippen molar-refractivity contribution < 1.29 is 19.0 Å². The summed E-state index contributed by atoms with van der Waals surface area (Å²) >= 11 is 0. The van der Waals surface area contributed by atoms with Gasteiger partial charge in [0, 0.05) is 17.7 Å². The van der Waals surface area contributed by atoms with Gasteiger partial charge in [-0.15, -0.1) is 0 Å². The molecule has 1 aromatic carbocycles. The number of benzene rings is 1. The molecule has 8 nitrogen and oxygen atoms in total. The van der Waals surface area contributed by atoms with Crippen LogP contribution in [0.3, 0.4) is 0 Å². The standard InChI is InChI=1S/C21H24N4O4/c1-27-17-5-3-2-4-13(17)14-8-9-22-21(24-14)25-16-11-29-18-15(10-28-19(16)18)23-20(26)12-6-7-12/h2-5,8-9,12,15-16,18-19H,6-7,10-11H2,1H3,(H,23,26)(H,22,24,25). The first-order chi connectivity index (χ1) is 14.2. The van der Waals surface area contributed by atoms with Gasteiger partial charge in [-0.25, -0.2) is 9.97 Å². The van der Waals surface area contributed by atoms with E-state index in [4.69, 9.17) is 14.2 Å². The predicted molar refractivity (Wildman–Crippen MR) is 106 cm³/mol. The van der Waals surface area contributed by atoms with Crippen molar-refractivity contribution in [2.75, 3.05) is 25.6 Å². The number of fused-ring (bicyclic) bond motifs is 1. The average molecular weight is 396 g/mol. The third kappa shape index (κ3) is 3.65. The highest BCUT2D eigenvalue weighted by Crippen LogP contribution is 2.33. The molecule has 5 rings (SSSR count). The summed E-state index contributed by atoms with van der Waals surface area (Å²) in [6.07, 6.45) is 3.40. The van der Waals surface area contributed by atoms with E-state index in [0.29, 0.717) is 19.2 Å². The smallest absolute Gasteiger partial charge is 0.223 e. The minimum Gasteiger partial charge on any atom is -0.496 e. The number of methoxy groups -OCH3 is 1. The molecule has 2 aliphatic heterocycles. The number of hydrogen-bond donors (Lipinski definition) is 2. The molecule has 1 aliphatic carbocycles. The van der Waals surface area contributed by atoms with Gasteiger partial charge in [0.2, 0.25) is 11.9 Å².